The molecule has 0 heterocycles. The van der Waals surface area contributed by atoms with Crippen LogP contribution in [0.3, 0.4) is 0 Å². The zero-order chi connectivity index (χ0) is 14.4. The zero-order valence-electron chi connectivity index (χ0n) is 11.6. The van der Waals surface area contributed by atoms with Crippen molar-refractivity contribution in [2.24, 2.45) is 0 Å². The third-order valence-corrected chi connectivity index (χ3v) is 3.46. The fourth-order valence-corrected chi connectivity index (χ4v) is 2.32. The molecule has 0 saturated heterocycles. The molecule has 0 aliphatic rings. The maximum absolute atomic E-state index is 13.6. The first kappa shape index (κ1) is 14.5. The van der Waals surface area contributed by atoms with Crippen LogP contribution >= 0.6 is 0 Å². The van der Waals surface area contributed by atoms with Gasteiger partial charge in [-0.25, -0.2) is 4.39 Å². The highest BCUT2D eigenvalue weighted by Gasteiger charge is 2.15. The van der Waals surface area contributed by atoms with Gasteiger partial charge in [0.05, 0.1) is 12.3 Å². The maximum Gasteiger partial charge on any atom is 0.146 e. The highest BCUT2D eigenvalue weighted by Crippen LogP contribution is 2.22. The van der Waals surface area contributed by atoms with Crippen molar-refractivity contribution in [3.05, 3.63) is 66.0 Å². The normalized spacial score (nSPS) is 13.8. The van der Waals surface area contributed by atoms with Crippen molar-refractivity contribution in [3.8, 4) is 0 Å². The van der Waals surface area contributed by atoms with E-state index in [0.717, 1.165) is 6.42 Å². The van der Waals surface area contributed by atoms with Gasteiger partial charge in [0.25, 0.3) is 0 Å². The molecule has 3 heteroatoms. The Bertz CT molecular complexity index is 530. The van der Waals surface area contributed by atoms with Crippen molar-refractivity contribution in [1.82, 2.24) is 0 Å². The quantitative estimate of drug-likeness (QED) is 0.839. The molecular weight excluding hydrogens is 253 g/mol. The Hall–Kier alpha value is -1.87. The van der Waals surface area contributed by atoms with Crippen molar-refractivity contribution in [2.45, 2.75) is 25.3 Å². The first-order chi connectivity index (χ1) is 9.70. The van der Waals surface area contributed by atoms with Crippen LogP contribution in [0.2, 0.25) is 0 Å². The molecule has 0 fully saturated rings. The predicted molar refractivity (Wildman–Crippen MR) is 80.4 cm³/mol. The summed E-state index contributed by atoms with van der Waals surface area (Å²) in [6.07, 6.45) is 0.745. The number of rotatable bonds is 6. The molecule has 20 heavy (non-hydrogen) atoms. The fourth-order valence-electron chi connectivity index (χ4n) is 2.32. The first-order valence-corrected chi connectivity index (χ1v) is 6.87. The Labute approximate surface area is 119 Å². The van der Waals surface area contributed by atoms with E-state index in [1.807, 2.05) is 18.2 Å². The van der Waals surface area contributed by atoms with Crippen LogP contribution in [0.5, 0.6) is 0 Å². The SMILES string of the molecule is CC(CC(CO)Nc1ccccc1F)c1ccccc1. The smallest absolute Gasteiger partial charge is 0.146 e. The van der Waals surface area contributed by atoms with E-state index in [1.54, 1.807) is 18.2 Å². The zero-order valence-corrected chi connectivity index (χ0v) is 11.6. The van der Waals surface area contributed by atoms with Gasteiger partial charge in [0, 0.05) is 6.04 Å². The van der Waals surface area contributed by atoms with Crippen molar-refractivity contribution >= 4 is 5.69 Å². The second-order valence-corrected chi connectivity index (χ2v) is 5.05. The number of hydrogen-bond acceptors (Lipinski definition) is 2. The Balaban J connectivity index is 2.01. The van der Waals surface area contributed by atoms with Crippen molar-refractivity contribution in [3.63, 3.8) is 0 Å². The summed E-state index contributed by atoms with van der Waals surface area (Å²) in [6, 6.07) is 16.5. The molecule has 0 bridgehead atoms. The van der Waals surface area contributed by atoms with Crippen LogP contribution in [0, 0.1) is 5.82 Å². The minimum Gasteiger partial charge on any atom is -0.394 e. The summed E-state index contributed by atoms with van der Waals surface area (Å²) in [5.74, 6) is 0.00550. The van der Waals surface area contributed by atoms with Gasteiger partial charge in [0.15, 0.2) is 0 Å². The van der Waals surface area contributed by atoms with Gasteiger partial charge in [-0.1, -0.05) is 49.4 Å². The van der Waals surface area contributed by atoms with Crippen LogP contribution in [0.4, 0.5) is 10.1 Å². The summed E-state index contributed by atoms with van der Waals surface area (Å²) < 4.78 is 13.6. The molecule has 0 amide bonds. The first-order valence-electron chi connectivity index (χ1n) is 6.87. The molecule has 2 rings (SSSR count). The average molecular weight is 273 g/mol. The lowest BCUT2D eigenvalue weighted by Gasteiger charge is -2.22. The number of para-hydroxylation sites is 1. The molecule has 2 N–H and O–H groups in total. The Kier molecular flexibility index (Phi) is 5.13. The molecule has 2 atom stereocenters. The second-order valence-electron chi connectivity index (χ2n) is 5.05. The van der Waals surface area contributed by atoms with E-state index in [1.165, 1.54) is 11.6 Å². The Morgan fingerprint density at radius 2 is 1.70 bits per heavy atom. The Morgan fingerprint density at radius 3 is 2.35 bits per heavy atom. The van der Waals surface area contributed by atoms with E-state index in [-0.39, 0.29) is 18.5 Å². The number of nitrogens with one attached hydrogen (secondary N) is 1. The minimum absolute atomic E-state index is 0.0223. The van der Waals surface area contributed by atoms with Crippen LogP contribution in [-0.2, 0) is 0 Å². The fraction of sp³-hybridized carbons (Fsp3) is 0.294. The summed E-state index contributed by atoms with van der Waals surface area (Å²) in [6.45, 7) is 2.09. The van der Waals surface area contributed by atoms with Gasteiger partial charge < -0.3 is 10.4 Å². The largest absolute Gasteiger partial charge is 0.394 e. The molecule has 0 spiro atoms. The minimum atomic E-state index is -0.293. The van der Waals surface area contributed by atoms with E-state index in [9.17, 15) is 9.50 Å². The van der Waals surface area contributed by atoms with Gasteiger partial charge in [-0.2, -0.15) is 0 Å². The summed E-state index contributed by atoms with van der Waals surface area (Å²) in [5, 5.41) is 12.6. The molecule has 2 nitrogen and oxygen atoms in total. The molecule has 0 aliphatic carbocycles. The molecule has 106 valence electrons. The van der Waals surface area contributed by atoms with Crippen molar-refractivity contribution in [2.75, 3.05) is 11.9 Å². The van der Waals surface area contributed by atoms with Crippen LogP contribution in [0.25, 0.3) is 0 Å². The van der Waals surface area contributed by atoms with Gasteiger partial charge in [0.1, 0.15) is 5.82 Å². The maximum atomic E-state index is 13.6. The number of anilines is 1. The van der Waals surface area contributed by atoms with Gasteiger partial charge in [-0.05, 0) is 30.0 Å². The van der Waals surface area contributed by atoms with Crippen LogP contribution in [-0.4, -0.2) is 17.8 Å². The van der Waals surface area contributed by atoms with Gasteiger partial charge in [-0.15, -0.1) is 0 Å². The van der Waals surface area contributed by atoms with E-state index >= 15 is 0 Å². The van der Waals surface area contributed by atoms with E-state index in [0.29, 0.717) is 11.6 Å². The molecule has 0 aliphatic heterocycles. The van der Waals surface area contributed by atoms with Crippen molar-refractivity contribution < 1.29 is 9.50 Å². The summed E-state index contributed by atoms with van der Waals surface area (Å²) in [7, 11) is 0. The average Bonchev–Trinajstić information content (AvgIpc) is 2.49. The number of aliphatic hydroxyl groups excluding tert-OH is 1. The van der Waals surface area contributed by atoms with Crippen LogP contribution in [0.1, 0.15) is 24.8 Å². The lowest BCUT2D eigenvalue weighted by molar-refractivity contribution is 0.264. The number of benzene rings is 2. The molecular formula is C17H20FNO. The van der Waals surface area contributed by atoms with Crippen molar-refractivity contribution in [1.29, 1.82) is 0 Å². The standard InChI is InChI=1S/C17H20FNO/c1-13(14-7-3-2-4-8-14)11-15(12-20)19-17-10-6-5-9-16(17)18/h2-10,13,15,19-20H,11-12H2,1H3. The molecule has 2 unspecified atom stereocenters. The topological polar surface area (TPSA) is 32.3 Å². The molecule has 2 aromatic carbocycles. The van der Waals surface area contributed by atoms with Gasteiger partial charge >= 0.3 is 0 Å². The summed E-state index contributed by atoms with van der Waals surface area (Å²) >= 11 is 0. The highest BCUT2D eigenvalue weighted by molar-refractivity contribution is 5.45. The third-order valence-electron chi connectivity index (χ3n) is 3.46. The monoisotopic (exact) mass is 273 g/mol. The third kappa shape index (κ3) is 3.81. The van der Waals surface area contributed by atoms with E-state index in [2.05, 4.69) is 24.4 Å². The van der Waals surface area contributed by atoms with E-state index in [4.69, 9.17) is 0 Å². The van der Waals surface area contributed by atoms with Gasteiger partial charge in [0.2, 0.25) is 0 Å². The summed E-state index contributed by atoms with van der Waals surface area (Å²) in [4.78, 5) is 0. The molecule has 0 aromatic heterocycles. The lowest BCUT2D eigenvalue weighted by Crippen LogP contribution is -2.26. The number of aliphatic hydroxyl groups is 1. The predicted octanol–water partition coefficient (Wildman–Crippen LogP) is 3.79. The number of hydrogen-bond donors (Lipinski definition) is 2. The molecule has 2 aromatic rings. The Morgan fingerprint density at radius 1 is 1.05 bits per heavy atom. The second kappa shape index (κ2) is 7.06. The number of halogens is 1. The molecule has 0 saturated carbocycles. The summed E-state index contributed by atoms with van der Waals surface area (Å²) in [5.41, 5.74) is 1.66. The van der Waals surface area contributed by atoms with Gasteiger partial charge in [-0.3, -0.25) is 0 Å². The van der Waals surface area contributed by atoms with E-state index < -0.39 is 0 Å². The molecule has 0 radical (unpaired) electrons. The van der Waals surface area contributed by atoms with Crippen LogP contribution < -0.4 is 5.32 Å². The highest BCUT2D eigenvalue weighted by atomic mass is 19.1. The van der Waals surface area contributed by atoms with Crippen LogP contribution in [0.15, 0.2) is 54.6 Å². The lowest BCUT2D eigenvalue weighted by atomic mass is 9.94.